The van der Waals surface area contributed by atoms with E-state index in [0.717, 1.165) is 18.6 Å². The molecule has 0 spiro atoms. The molecule has 0 amide bonds. The van der Waals surface area contributed by atoms with Crippen molar-refractivity contribution >= 4 is 16.7 Å². The van der Waals surface area contributed by atoms with Gasteiger partial charge in [0.2, 0.25) is 0 Å². The molecule has 4 rings (SSSR count). The number of hydrogen-bond acceptors (Lipinski definition) is 2. The van der Waals surface area contributed by atoms with Gasteiger partial charge in [-0.1, -0.05) is 42.5 Å². The molecule has 2 nitrogen and oxygen atoms in total. The van der Waals surface area contributed by atoms with E-state index in [0.29, 0.717) is 6.42 Å². The van der Waals surface area contributed by atoms with E-state index in [1.165, 1.54) is 16.3 Å². The number of esters is 1. The quantitative estimate of drug-likeness (QED) is 0.761. The van der Waals surface area contributed by atoms with Crippen LogP contribution in [0.15, 0.2) is 54.3 Å². The Kier molecular flexibility index (Phi) is 2.10. The highest BCUT2D eigenvalue weighted by Gasteiger charge is 2.49. The predicted octanol–water partition coefficient (Wildman–Crippen LogP) is 3.60. The number of carbonyl (C=O) groups is 1. The van der Waals surface area contributed by atoms with Crippen LogP contribution in [0.1, 0.15) is 18.4 Å². The van der Waals surface area contributed by atoms with Crippen LogP contribution in [0.25, 0.3) is 10.8 Å². The van der Waals surface area contributed by atoms with Crippen molar-refractivity contribution in [2.45, 2.75) is 19.3 Å². The lowest BCUT2D eigenvalue weighted by atomic mass is 9.69. The van der Waals surface area contributed by atoms with Crippen molar-refractivity contribution in [2.24, 2.45) is 5.41 Å². The fourth-order valence-electron chi connectivity index (χ4n) is 3.18. The number of carbonyl (C=O) groups excluding carboxylic acids is 1. The molecule has 2 heteroatoms. The van der Waals surface area contributed by atoms with Crippen molar-refractivity contribution < 1.29 is 9.53 Å². The van der Waals surface area contributed by atoms with Crippen molar-refractivity contribution in [3.05, 3.63) is 59.9 Å². The molecule has 1 saturated heterocycles. The van der Waals surface area contributed by atoms with Crippen LogP contribution < -0.4 is 0 Å². The fourth-order valence-corrected chi connectivity index (χ4v) is 3.18. The summed E-state index contributed by atoms with van der Waals surface area (Å²) in [7, 11) is 0. The Hall–Kier alpha value is -2.09. The van der Waals surface area contributed by atoms with Gasteiger partial charge in [-0.05, 0) is 35.3 Å². The minimum atomic E-state index is -0.0791. The van der Waals surface area contributed by atoms with Gasteiger partial charge in [0.1, 0.15) is 5.76 Å². The van der Waals surface area contributed by atoms with Crippen molar-refractivity contribution in [2.75, 3.05) is 0 Å². The Morgan fingerprint density at radius 3 is 2.68 bits per heavy atom. The lowest BCUT2D eigenvalue weighted by molar-refractivity contribution is -0.135. The Bertz CT molecular complexity index is 714. The second-order valence-electron chi connectivity index (χ2n) is 5.56. The van der Waals surface area contributed by atoms with Crippen molar-refractivity contribution in [1.29, 1.82) is 0 Å². The van der Waals surface area contributed by atoms with Gasteiger partial charge >= 0.3 is 5.97 Å². The van der Waals surface area contributed by atoms with Gasteiger partial charge in [0.05, 0.1) is 6.42 Å². The van der Waals surface area contributed by atoms with E-state index < -0.39 is 0 Å². The number of allylic oxidation sites excluding steroid dienone is 2. The summed E-state index contributed by atoms with van der Waals surface area (Å²) >= 11 is 0. The first-order valence-corrected chi connectivity index (χ1v) is 6.64. The first-order valence-electron chi connectivity index (χ1n) is 6.64. The molecule has 1 aliphatic carbocycles. The maximum atomic E-state index is 11.4. The molecule has 0 bridgehead atoms. The number of ether oxygens (including phenoxy) is 1. The summed E-state index contributed by atoms with van der Waals surface area (Å²) in [6, 6.07) is 14.9. The van der Waals surface area contributed by atoms with Crippen LogP contribution in [0.2, 0.25) is 0 Å². The molecule has 0 radical (unpaired) electrons. The summed E-state index contributed by atoms with van der Waals surface area (Å²) in [5.74, 6) is 0.815. The largest absolute Gasteiger partial charge is 0.431 e. The van der Waals surface area contributed by atoms with Gasteiger partial charge in [0, 0.05) is 5.41 Å². The average Bonchev–Trinajstić information content (AvgIpc) is 2.63. The maximum Gasteiger partial charge on any atom is 0.311 e. The van der Waals surface area contributed by atoms with Gasteiger partial charge in [-0.25, -0.2) is 0 Å². The van der Waals surface area contributed by atoms with Crippen molar-refractivity contribution in [3.63, 3.8) is 0 Å². The summed E-state index contributed by atoms with van der Waals surface area (Å²) in [5, 5.41) is 2.51. The third-order valence-corrected chi connectivity index (χ3v) is 4.26. The highest BCUT2D eigenvalue weighted by atomic mass is 16.5. The van der Waals surface area contributed by atoms with Crippen LogP contribution in [-0.4, -0.2) is 5.97 Å². The molecule has 94 valence electrons. The Labute approximate surface area is 111 Å². The molecule has 19 heavy (non-hydrogen) atoms. The SMILES string of the molecule is O=C1C[C@]2(Cc3ccc4ccccc4c3)CC=C2O1. The zero-order chi connectivity index (χ0) is 12.9. The maximum absolute atomic E-state index is 11.4. The van der Waals surface area contributed by atoms with E-state index in [9.17, 15) is 4.79 Å². The van der Waals surface area contributed by atoms with E-state index in [2.05, 4.69) is 42.5 Å². The molecule has 1 fully saturated rings. The minimum absolute atomic E-state index is 0.0421. The van der Waals surface area contributed by atoms with Gasteiger partial charge in [0.15, 0.2) is 0 Å². The predicted molar refractivity (Wildman–Crippen MR) is 73.5 cm³/mol. The molecule has 0 N–H and O–H groups in total. The van der Waals surface area contributed by atoms with Crippen LogP contribution in [0.3, 0.4) is 0 Å². The molecule has 1 atom stereocenters. The summed E-state index contributed by atoms with van der Waals surface area (Å²) < 4.78 is 5.25. The summed E-state index contributed by atoms with van der Waals surface area (Å²) in [5.41, 5.74) is 1.24. The first-order chi connectivity index (χ1) is 9.25. The number of rotatable bonds is 2. The highest BCUT2D eigenvalue weighted by molar-refractivity contribution is 5.83. The summed E-state index contributed by atoms with van der Waals surface area (Å²) in [4.78, 5) is 11.4. The normalized spacial score (nSPS) is 24.6. The monoisotopic (exact) mass is 250 g/mol. The smallest absolute Gasteiger partial charge is 0.311 e. The van der Waals surface area contributed by atoms with Crippen LogP contribution in [-0.2, 0) is 16.0 Å². The third-order valence-electron chi connectivity index (χ3n) is 4.26. The van der Waals surface area contributed by atoms with E-state index in [4.69, 9.17) is 4.74 Å². The molecule has 2 aromatic carbocycles. The lowest BCUT2D eigenvalue weighted by Crippen LogP contribution is -2.28. The van der Waals surface area contributed by atoms with E-state index in [1.54, 1.807) is 0 Å². The van der Waals surface area contributed by atoms with E-state index in [1.807, 2.05) is 6.08 Å². The molecule has 2 aromatic rings. The highest BCUT2D eigenvalue weighted by Crippen LogP contribution is 2.52. The third kappa shape index (κ3) is 1.60. The lowest BCUT2D eigenvalue weighted by Gasteiger charge is -2.33. The molecule has 0 saturated carbocycles. The molecule has 0 aromatic heterocycles. The Morgan fingerprint density at radius 1 is 1.11 bits per heavy atom. The van der Waals surface area contributed by atoms with Crippen molar-refractivity contribution in [3.8, 4) is 0 Å². The van der Waals surface area contributed by atoms with Gasteiger partial charge < -0.3 is 4.74 Å². The average molecular weight is 250 g/mol. The summed E-state index contributed by atoms with van der Waals surface area (Å²) in [6.45, 7) is 0. The van der Waals surface area contributed by atoms with Gasteiger partial charge in [0.25, 0.3) is 0 Å². The second kappa shape index (κ2) is 3.70. The fraction of sp³-hybridized carbons (Fsp3) is 0.235. The van der Waals surface area contributed by atoms with Crippen molar-refractivity contribution in [1.82, 2.24) is 0 Å². The standard InChI is InChI=1S/C17H14O2/c18-16-11-17(8-7-15(17)19-16)10-12-5-6-13-3-1-2-4-14(13)9-12/h1-7,9H,8,10-11H2/t17-/m1/s1. The Balaban J connectivity index is 1.69. The minimum Gasteiger partial charge on any atom is -0.431 e. The second-order valence-corrected chi connectivity index (χ2v) is 5.56. The topological polar surface area (TPSA) is 26.3 Å². The molecule has 2 aliphatic rings. The number of fused-ring (bicyclic) bond motifs is 2. The first kappa shape index (κ1) is 10.8. The molecule has 1 aliphatic heterocycles. The number of hydrogen-bond donors (Lipinski definition) is 0. The van der Waals surface area contributed by atoms with Gasteiger partial charge in [-0.15, -0.1) is 0 Å². The van der Waals surface area contributed by atoms with Crippen LogP contribution in [0.5, 0.6) is 0 Å². The van der Waals surface area contributed by atoms with Crippen LogP contribution >= 0.6 is 0 Å². The zero-order valence-electron chi connectivity index (χ0n) is 10.6. The van der Waals surface area contributed by atoms with Crippen LogP contribution in [0.4, 0.5) is 0 Å². The molecular weight excluding hydrogens is 236 g/mol. The molecule has 0 unspecified atom stereocenters. The molecular formula is C17H14O2. The van der Waals surface area contributed by atoms with E-state index in [-0.39, 0.29) is 11.4 Å². The van der Waals surface area contributed by atoms with Gasteiger partial charge in [-0.2, -0.15) is 0 Å². The Morgan fingerprint density at radius 2 is 1.95 bits per heavy atom. The van der Waals surface area contributed by atoms with E-state index >= 15 is 0 Å². The van der Waals surface area contributed by atoms with Crippen LogP contribution in [0, 0.1) is 5.41 Å². The number of benzene rings is 2. The molecule has 1 heterocycles. The summed E-state index contributed by atoms with van der Waals surface area (Å²) in [6.07, 6.45) is 4.42. The van der Waals surface area contributed by atoms with Gasteiger partial charge in [-0.3, -0.25) is 4.79 Å². The zero-order valence-corrected chi connectivity index (χ0v) is 10.6.